The second-order valence-electron chi connectivity index (χ2n) is 7.40. The molecule has 2 amide bonds. The Morgan fingerprint density at radius 1 is 1.18 bits per heavy atom. The van der Waals surface area contributed by atoms with Gasteiger partial charge in [-0.05, 0) is 38.0 Å². The van der Waals surface area contributed by atoms with E-state index < -0.39 is 10.8 Å². The molecular formula is C21H25N7O6. The Bertz CT molecular complexity index is 1170. The third kappa shape index (κ3) is 6.15. The van der Waals surface area contributed by atoms with E-state index >= 15 is 0 Å². The van der Waals surface area contributed by atoms with E-state index in [4.69, 9.17) is 9.26 Å². The summed E-state index contributed by atoms with van der Waals surface area (Å²) in [5, 5.41) is 24.3. The molecule has 180 valence electrons. The van der Waals surface area contributed by atoms with Crippen LogP contribution in [-0.2, 0) is 17.8 Å². The molecule has 0 spiro atoms. The molecule has 0 atom stereocenters. The number of methoxy groups -OCH3 is 1. The van der Waals surface area contributed by atoms with Gasteiger partial charge in [0.2, 0.25) is 5.91 Å². The van der Waals surface area contributed by atoms with E-state index in [0.717, 1.165) is 11.3 Å². The van der Waals surface area contributed by atoms with Crippen LogP contribution < -0.4 is 15.4 Å². The number of aryl methyl sites for hydroxylation is 2. The highest BCUT2D eigenvalue weighted by molar-refractivity contribution is 5.89. The van der Waals surface area contributed by atoms with Crippen molar-refractivity contribution in [3.8, 4) is 5.75 Å². The van der Waals surface area contributed by atoms with Gasteiger partial charge in [-0.2, -0.15) is 10.1 Å². The lowest BCUT2D eigenvalue weighted by Gasteiger charge is -2.06. The van der Waals surface area contributed by atoms with Crippen LogP contribution in [0, 0.1) is 24.0 Å². The van der Waals surface area contributed by atoms with Gasteiger partial charge in [-0.1, -0.05) is 17.3 Å². The molecule has 0 aliphatic rings. The second-order valence-corrected chi connectivity index (χ2v) is 7.40. The fourth-order valence-electron chi connectivity index (χ4n) is 3.24. The van der Waals surface area contributed by atoms with E-state index in [9.17, 15) is 19.7 Å². The first-order chi connectivity index (χ1) is 16.3. The van der Waals surface area contributed by atoms with Crippen LogP contribution in [-0.4, -0.2) is 56.9 Å². The highest BCUT2D eigenvalue weighted by Gasteiger charge is 2.23. The minimum atomic E-state index is -0.592. The minimum absolute atomic E-state index is 0.0154. The average molecular weight is 471 g/mol. The Morgan fingerprint density at radius 2 is 1.88 bits per heavy atom. The van der Waals surface area contributed by atoms with Gasteiger partial charge in [0.15, 0.2) is 5.82 Å². The molecule has 34 heavy (non-hydrogen) atoms. The number of carbonyl (C=O) groups excluding carboxylic acids is 2. The lowest BCUT2D eigenvalue weighted by molar-refractivity contribution is -0.386. The molecule has 2 heterocycles. The summed E-state index contributed by atoms with van der Waals surface area (Å²) in [5.74, 6) is -0.0723. The standard InChI is InChI=1S/C21H25N7O6/c1-13-19(28(31)32)14(2)27(25-13)12-17-24-21(34-26-17)20(30)23-11-10-22-18(29)9-6-15-4-7-16(33-3)8-5-15/h4-5,7-8H,6,9-12H2,1-3H3,(H,22,29)(H,23,30). The number of hydrogen-bond acceptors (Lipinski definition) is 9. The second kappa shape index (κ2) is 11.0. The zero-order valence-electron chi connectivity index (χ0n) is 19.0. The molecule has 13 heteroatoms. The number of amides is 2. The normalized spacial score (nSPS) is 10.7. The summed E-state index contributed by atoms with van der Waals surface area (Å²) in [7, 11) is 1.59. The summed E-state index contributed by atoms with van der Waals surface area (Å²) in [6, 6.07) is 7.49. The van der Waals surface area contributed by atoms with Crippen molar-refractivity contribution in [1.82, 2.24) is 30.6 Å². The van der Waals surface area contributed by atoms with Crippen molar-refractivity contribution in [2.75, 3.05) is 20.2 Å². The molecule has 3 aromatic rings. The number of aromatic nitrogens is 4. The number of nitrogens with one attached hydrogen (secondary N) is 2. The van der Waals surface area contributed by atoms with Crippen LogP contribution in [0.3, 0.4) is 0 Å². The van der Waals surface area contributed by atoms with Crippen LogP contribution in [0.5, 0.6) is 5.75 Å². The zero-order chi connectivity index (χ0) is 24.7. The van der Waals surface area contributed by atoms with Gasteiger partial charge in [-0.3, -0.25) is 24.4 Å². The number of rotatable bonds is 11. The van der Waals surface area contributed by atoms with Crippen molar-refractivity contribution < 1.29 is 23.8 Å². The number of benzene rings is 1. The quantitative estimate of drug-likeness (QED) is 0.238. The van der Waals surface area contributed by atoms with Crippen molar-refractivity contribution in [1.29, 1.82) is 0 Å². The third-order valence-electron chi connectivity index (χ3n) is 5.01. The van der Waals surface area contributed by atoms with Crippen molar-refractivity contribution >= 4 is 17.5 Å². The van der Waals surface area contributed by atoms with Crippen LogP contribution in [0.25, 0.3) is 0 Å². The smallest absolute Gasteiger partial charge is 0.316 e. The van der Waals surface area contributed by atoms with Crippen molar-refractivity contribution in [3.05, 3.63) is 63.0 Å². The summed E-state index contributed by atoms with van der Waals surface area (Å²) in [4.78, 5) is 38.8. The summed E-state index contributed by atoms with van der Waals surface area (Å²) in [5.41, 5.74) is 1.56. The Hall–Kier alpha value is -4.29. The molecule has 13 nitrogen and oxygen atoms in total. The van der Waals surface area contributed by atoms with E-state index in [1.165, 1.54) is 11.6 Å². The number of nitro groups is 1. The number of nitrogens with zero attached hydrogens (tertiary/aromatic N) is 5. The van der Waals surface area contributed by atoms with Crippen LogP contribution >= 0.6 is 0 Å². The zero-order valence-corrected chi connectivity index (χ0v) is 19.0. The SMILES string of the molecule is COc1ccc(CCC(=O)NCCNC(=O)c2nc(Cn3nc(C)c([N+](=O)[O-])c3C)no2)cc1. The first-order valence-corrected chi connectivity index (χ1v) is 10.5. The van der Waals surface area contributed by atoms with Gasteiger partial charge in [-0.25, -0.2) is 0 Å². The van der Waals surface area contributed by atoms with E-state index in [1.54, 1.807) is 14.0 Å². The molecule has 0 saturated heterocycles. The molecular weight excluding hydrogens is 446 g/mol. The van der Waals surface area contributed by atoms with Crippen molar-refractivity contribution in [2.45, 2.75) is 33.2 Å². The summed E-state index contributed by atoms with van der Waals surface area (Å²) < 4.78 is 11.4. The number of carbonyl (C=O) groups is 2. The van der Waals surface area contributed by atoms with E-state index in [-0.39, 0.29) is 48.6 Å². The van der Waals surface area contributed by atoms with Gasteiger partial charge in [-0.15, -0.1) is 0 Å². The molecule has 0 bridgehead atoms. The molecule has 3 rings (SSSR count). The molecule has 0 radical (unpaired) electrons. The van der Waals surface area contributed by atoms with Gasteiger partial charge in [0.05, 0.1) is 12.0 Å². The predicted molar refractivity (Wildman–Crippen MR) is 118 cm³/mol. The molecule has 0 aliphatic heterocycles. The highest BCUT2D eigenvalue weighted by atomic mass is 16.6. The van der Waals surface area contributed by atoms with Crippen LogP contribution in [0.2, 0.25) is 0 Å². The average Bonchev–Trinajstić information content (AvgIpc) is 3.39. The Labute approximate surface area is 194 Å². The molecule has 2 N–H and O–H groups in total. The molecule has 0 aliphatic carbocycles. The van der Waals surface area contributed by atoms with E-state index in [0.29, 0.717) is 18.5 Å². The molecule has 1 aromatic carbocycles. The largest absolute Gasteiger partial charge is 0.497 e. The summed E-state index contributed by atoms with van der Waals surface area (Å²) in [6.07, 6.45) is 0.906. The van der Waals surface area contributed by atoms with Gasteiger partial charge in [0.1, 0.15) is 23.7 Å². The predicted octanol–water partition coefficient (Wildman–Crippen LogP) is 1.33. The van der Waals surface area contributed by atoms with Crippen molar-refractivity contribution in [3.63, 3.8) is 0 Å². The van der Waals surface area contributed by atoms with Gasteiger partial charge < -0.3 is 19.9 Å². The maximum Gasteiger partial charge on any atom is 0.316 e. The van der Waals surface area contributed by atoms with E-state index in [2.05, 4.69) is 25.9 Å². The first kappa shape index (κ1) is 24.4. The Kier molecular flexibility index (Phi) is 7.90. The fourth-order valence-corrected chi connectivity index (χ4v) is 3.24. The fraction of sp³-hybridized carbons (Fsp3) is 0.381. The number of hydrogen-bond donors (Lipinski definition) is 2. The first-order valence-electron chi connectivity index (χ1n) is 10.5. The molecule has 0 fully saturated rings. The van der Waals surface area contributed by atoms with Crippen LogP contribution in [0.4, 0.5) is 5.69 Å². The van der Waals surface area contributed by atoms with Gasteiger partial charge >= 0.3 is 17.5 Å². The monoisotopic (exact) mass is 471 g/mol. The minimum Gasteiger partial charge on any atom is -0.497 e. The lowest BCUT2D eigenvalue weighted by atomic mass is 10.1. The van der Waals surface area contributed by atoms with Gasteiger partial charge in [0.25, 0.3) is 0 Å². The lowest BCUT2D eigenvalue weighted by Crippen LogP contribution is -2.34. The molecule has 0 unspecified atom stereocenters. The van der Waals surface area contributed by atoms with E-state index in [1.807, 2.05) is 24.3 Å². The Balaban J connectivity index is 1.40. The topological polar surface area (TPSA) is 167 Å². The van der Waals surface area contributed by atoms with Crippen LogP contribution in [0.1, 0.15) is 39.9 Å². The Morgan fingerprint density at radius 3 is 2.53 bits per heavy atom. The third-order valence-corrected chi connectivity index (χ3v) is 5.01. The maximum absolute atomic E-state index is 12.2. The summed E-state index contributed by atoms with van der Waals surface area (Å²) >= 11 is 0. The van der Waals surface area contributed by atoms with Gasteiger partial charge in [0, 0.05) is 19.5 Å². The molecule has 0 saturated carbocycles. The highest BCUT2D eigenvalue weighted by Crippen LogP contribution is 2.22. The number of ether oxygens (including phenoxy) is 1. The van der Waals surface area contributed by atoms with Crippen molar-refractivity contribution in [2.24, 2.45) is 0 Å². The molecule has 2 aromatic heterocycles. The summed E-state index contributed by atoms with van der Waals surface area (Å²) in [6.45, 7) is 3.53. The maximum atomic E-state index is 12.2. The van der Waals surface area contributed by atoms with Crippen LogP contribution in [0.15, 0.2) is 28.8 Å².